The highest BCUT2D eigenvalue weighted by molar-refractivity contribution is 5.99. The number of nitriles is 1. The summed E-state index contributed by atoms with van der Waals surface area (Å²) in [6.45, 7) is 4.16. The van der Waals surface area contributed by atoms with Gasteiger partial charge in [-0.3, -0.25) is 14.6 Å². The van der Waals surface area contributed by atoms with Crippen LogP contribution in [0.2, 0.25) is 0 Å². The van der Waals surface area contributed by atoms with E-state index in [1.165, 1.54) is 0 Å². The molecule has 6 heterocycles. The number of fused-ring (bicyclic) bond motifs is 5. The molecule has 0 radical (unpaired) electrons. The third kappa shape index (κ3) is 3.94. The van der Waals surface area contributed by atoms with E-state index in [9.17, 15) is 10.1 Å². The summed E-state index contributed by atoms with van der Waals surface area (Å²) < 4.78 is 44.1. The highest BCUT2D eigenvalue weighted by Crippen LogP contribution is 2.64. The molecular formula is C38H42N4O8. The van der Waals surface area contributed by atoms with E-state index in [1.54, 1.807) is 47.6 Å². The van der Waals surface area contributed by atoms with Gasteiger partial charge in [0, 0.05) is 57.1 Å². The second kappa shape index (κ2) is 11.7. The van der Waals surface area contributed by atoms with Gasteiger partial charge in [-0.05, 0) is 33.4 Å². The van der Waals surface area contributed by atoms with Gasteiger partial charge >= 0.3 is 0 Å². The molecule has 262 valence electrons. The summed E-state index contributed by atoms with van der Waals surface area (Å²) >= 11 is 0. The number of hydrogen-bond acceptors (Lipinski definition) is 11. The Morgan fingerprint density at radius 2 is 1.40 bits per heavy atom. The van der Waals surface area contributed by atoms with Crippen molar-refractivity contribution in [3.63, 3.8) is 0 Å². The smallest absolute Gasteiger partial charge is 0.256 e. The van der Waals surface area contributed by atoms with Crippen LogP contribution in [0.15, 0.2) is 24.3 Å². The fraction of sp³-hybridized carbons (Fsp3) is 0.474. The molecule has 7 atom stereocenters. The first-order valence-electron chi connectivity index (χ1n) is 16.8. The first kappa shape index (κ1) is 32.5. The summed E-state index contributed by atoms with van der Waals surface area (Å²) in [6.07, 6.45) is -0.830. The molecule has 6 aliphatic rings. The SMILES string of the molecule is COc1c(C)c(OC)c(OC)c2c1C[C@H]1[C@H](C#N)N3[C@@H]([C@@H]4OC5c6ccccc6C(=O)N5C[C@H]3c3c(OC)c(OC)c(C)c(OC)c34)[C@@H]2N1C. The van der Waals surface area contributed by atoms with Crippen molar-refractivity contribution >= 4 is 5.91 Å². The summed E-state index contributed by atoms with van der Waals surface area (Å²) in [5.74, 6) is 3.55. The van der Waals surface area contributed by atoms with Crippen LogP contribution in [0.25, 0.3) is 0 Å². The number of carbonyl (C=O) groups excluding carboxylic acids is 1. The molecule has 6 aliphatic heterocycles. The quantitative estimate of drug-likeness (QED) is 0.357. The largest absolute Gasteiger partial charge is 0.496 e. The summed E-state index contributed by atoms with van der Waals surface area (Å²) in [7, 11) is 11.9. The molecule has 2 fully saturated rings. The van der Waals surface area contributed by atoms with Crippen LogP contribution in [0.3, 0.4) is 0 Å². The van der Waals surface area contributed by atoms with Gasteiger partial charge in [0.15, 0.2) is 29.2 Å². The molecule has 12 heteroatoms. The van der Waals surface area contributed by atoms with Gasteiger partial charge in [-0.15, -0.1) is 0 Å². The Morgan fingerprint density at radius 1 is 0.800 bits per heavy atom. The van der Waals surface area contributed by atoms with Crippen molar-refractivity contribution in [1.29, 1.82) is 5.26 Å². The minimum atomic E-state index is -0.709. The standard InChI is InChI=1S/C38H42N4O8/c1-17-30(44-4)21-14-22-23(15-39)42-24-16-41-37(43)19-12-10-11-13-20(19)38(41)50-34(27-26(24)36(49-9)33(47-7)18(2)31(27)45-5)29(42)28(40(22)3)25(21)35(48-8)32(17)46-6/h10-13,22-24,28-29,34,38H,14,16H2,1-9H3/t22-,23-,24-,28+,29+,34+,38?/m0/s1. The zero-order valence-corrected chi connectivity index (χ0v) is 29.8. The zero-order chi connectivity index (χ0) is 35.3. The van der Waals surface area contributed by atoms with Gasteiger partial charge in [-0.2, -0.15) is 5.26 Å². The number of benzene rings is 3. The number of methoxy groups -OCH3 is 6. The van der Waals surface area contributed by atoms with Crippen LogP contribution in [-0.4, -0.2) is 95.0 Å². The maximum atomic E-state index is 14.1. The van der Waals surface area contributed by atoms with Crippen LogP contribution in [0.1, 0.15) is 73.7 Å². The van der Waals surface area contributed by atoms with Gasteiger partial charge in [0.1, 0.15) is 23.6 Å². The van der Waals surface area contributed by atoms with Crippen molar-refractivity contribution in [3.8, 4) is 40.6 Å². The minimum Gasteiger partial charge on any atom is -0.496 e. The van der Waals surface area contributed by atoms with E-state index >= 15 is 0 Å². The Labute approximate surface area is 291 Å². The maximum absolute atomic E-state index is 14.1. The van der Waals surface area contributed by atoms with Crippen LogP contribution in [0, 0.1) is 25.2 Å². The molecule has 50 heavy (non-hydrogen) atoms. The minimum absolute atomic E-state index is 0.110. The Kier molecular flexibility index (Phi) is 7.60. The highest BCUT2D eigenvalue weighted by Gasteiger charge is 2.63. The van der Waals surface area contributed by atoms with E-state index in [0.717, 1.165) is 44.7 Å². The fourth-order valence-electron chi connectivity index (χ4n) is 9.86. The Bertz CT molecular complexity index is 1980. The average molecular weight is 683 g/mol. The molecular weight excluding hydrogens is 640 g/mol. The van der Waals surface area contributed by atoms with E-state index in [0.29, 0.717) is 40.7 Å². The fourth-order valence-corrected chi connectivity index (χ4v) is 9.86. The Balaban J connectivity index is 1.48. The van der Waals surface area contributed by atoms with Gasteiger partial charge in [-0.1, -0.05) is 18.2 Å². The molecule has 0 saturated carbocycles. The van der Waals surface area contributed by atoms with Crippen molar-refractivity contribution in [2.75, 3.05) is 56.3 Å². The monoisotopic (exact) mass is 682 g/mol. The number of rotatable bonds is 6. The summed E-state index contributed by atoms with van der Waals surface area (Å²) in [5.41, 5.74) is 6.58. The van der Waals surface area contributed by atoms with Crippen LogP contribution >= 0.6 is 0 Å². The molecule has 0 aromatic heterocycles. The van der Waals surface area contributed by atoms with Crippen LogP contribution < -0.4 is 28.4 Å². The third-order valence-corrected chi connectivity index (χ3v) is 11.7. The molecule has 1 unspecified atom stereocenters. The molecule has 0 N–H and O–H groups in total. The zero-order valence-electron chi connectivity index (χ0n) is 29.8. The van der Waals surface area contributed by atoms with E-state index in [4.69, 9.17) is 33.2 Å². The number of amides is 1. The van der Waals surface area contributed by atoms with Gasteiger partial charge in [0.05, 0.1) is 66.9 Å². The first-order chi connectivity index (χ1) is 24.2. The molecule has 3 aromatic rings. The second-order valence-electron chi connectivity index (χ2n) is 13.5. The lowest BCUT2D eigenvalue weighted by Crippen LogP contribution is -2.70. The number of likely N-dealkylation sites (N-methyl/N-ethyl adjacent to an activating group) is 1. The van der Waals surface area contributed by atoms with E-state index in [1.807, 2.05) is 38.1 Å². The van der Waals surface area contributed by atoms with Gasteiger partial charge < -0.3 is 38.1 Å². The number of hydrogen-bond donors (Lipinski definition) is 0. The maximum Gasteiger partial charge on any atom is 0.256 e. The van der Waals surface area contributed by atoms with Gasteiger partial charge in [0.2, 0.25) is 0 Å². The normalized spacial score (nSPS) is 27.5. The van der Waals surface area contributed by atoms with E-state index < -0.39 is 30.5 Å². The lowest BCUT2D eigenvalue weighted by molar-refractivity contribution is -0.198. The highest BCUT2D eigenvalue weighted by atomic mass is 16.5. The third-order valence-electron chi connectivity index (χ3n) is 11.7. The van der Waals surface area contributed by atoms with Crippen LogP contribution in [0.4, 0.5) is 0 Å². The van der Waals surface area contributed by atoms with E-state index in [2.05, 4.69) is 22.9 Å². The summed E-state index contributed by atoms with van der Waals surface area (Å²) in [6, 6.07) is 8.22. The number of carbonyl (C=O) groups is 1. The molecule has 0 aliphatic carbocycles. The summed E-state index contributed by atoms with van der Waals surface area (Å²) in [4.78, 5) is 20.5. The van der Waals surface area contributed by atoms with Crippen LogP contribution in [0.5, 0.6) is 34.5 Å². The van der Waals surface area contributed by atoms with Gasteiger partial charge in [0.25, 0.3) is 5.91 Å². The summed E-state index contributed by atoms with van der Waals surface area (Å²) in [5, 5.41) is 11.2. The first-order valence-corrected chi connectivity index (χ1v) is 16.8. The molecule has 12 nitrogen and oxygen atoms in total. The molecule has 0 spiro atoms. The average Bonchev–Trinajstić information content (AvgIpc) is 3.36. The number of piperazine rings is 1. The van der Waals surface area contributed by atoms with Crippen molar-refractivity contribution in [2.45, 2.75) is 62.8 Å². The Morgan fingerprint density at radius 3 is 2.02 bits per heavy atom. The number of ether oxygens (including phenoxy) is 7. The lowest BCUT2D eigenvalue weighted by atomic mass is 9.70. The van der Waals surface area contributed by atoms with Crippen molar-refractivity contribution < 1.29 is 38.0 Å². The van der Waals surface area contributed by atoms with Crippen molar-refractivity contribution in [2.24, 2.45) is 0 Å². The second-order valence-corrected chi connectivity index (χ2v) is 13.5. The predicted octanol–water partition coefficient (Wildman–Crippen LogP) is 4.81. The Hall–Kier alpha value is -4.70. The molecule has 2 saturated heterocycles. The van der Waals surface area contributed by atoms with E-state index in [-0.39, 0.29) is 24.5 Å². The molecule has 3 aromatic carbocycles. The van der Waals surface area contributed by atoms with Crippen molar-refractivity contribution in [1.82, 2.24) is 14.7 Å². The lowest BCUT2D eigenvalue weighted by Gasteiger charge is -2.63. The molecule has 4 bridgehead atoms. The molecule has 1 amide bonds. The predicted molar refractivity (Wildman–Crippen MR) is 181 cm³/mol. The van der Waals surface area contributed by atoms with Gasteiger partial charge in [-0.25, -0.2) is 0 Å². The molecule has 9 rings (SSSR count). The number of nitrogens with zero attached hydrogens (tertiary/aromatic N) is 4. The van der Waals surface area contributed by atoms with Crippen LogP contribution in [-0.2, 0) is 11.2 Å². The topological polar surface area (TPSA) is 115 Å². The van der Waals surface area contributed by atoms with Crippen molar-refractivity contribution in [3.05, 3.63) is 68.8 Å².